The third-order valence-electron chi connectivity index (χ3n) is 3.77. The summed E-state index contributed by atoms with van der Waals surface area (Å²) in [6.45, 7) is 5.81. The zero-order valence-electron chi connectivity index (χ0n) is 14.6. The first-order valence-electron chi connectivity index (χ1n) is 8.14. The first-order chi connectivity index (χ1) is 11.9. The number of carboxylic acid groups (broad SMARTS) is 1. The van der Waals surface area contributed by atoms with Gasteiger partial charge in [0.15, 0.2) is 0 Å². The minimum absolute atomic E-state index is 0.0677. The van der Waals surface area contributed by atoms with Crippen molar-refractivity contribution < 1.29 is 19.1 Å². The fourth-order valence-corrected chi connectivity index (χ4v) is 3.63. The van der Waals surface area contributed by atoms with E-state index < -0.39 is 5.97 Å². The Kier molecular flexibility index (Phi) is 6.70. The highest BCUT2D eigenvalue weighted by Gasteiger charge is 2.23. The number of nitrogens with one attached hydrogen (secondary N) is 1. The third-order valence-corrected chi connectivity index (χ3v) is 5.39. The highest BCUT2D eigenvalue weighted by Crippen LogP contribution is 2.24. The zero-order valence-corrected chi connectivity index (χ0v) is 15.4. The molecule has 6 heteroatoms. The molecule has 134 valence electrons. The smallest absolute Gasteiger partial charge is 0.339 e. The number of thioether (sulfide) groups is 1. The van der Waals surface area contributed by atoms with Gasteiger partial charge in [0.2, 0.25) is 5.91 Å². The lowest BCUT2D eigenvalue weighted by Gasteiger charge is -2.19. The number of aryl methyl sites for hydroxylation is 1. The van der Waals surface area contributed by atoms with Gasteiger partial charge in [-0.15, -0.1) is 11.8 Å². The van der Waals surface area contributed by atoms with Gasteiger partial charge in [-0.05, 0) is 24.5 Å². The van der Waals surface area contributed by atoms with Crippen molar-refractivity contribution in [2.75, 3.05) is 0 Å². The molecule has 0 aliphatic heterocycles. The van der Waals surface area contributed by atoms with E-state index in [1.165, 1.54) is 11.6 Å². The molecule has 1 aromatic carbocycles. The normalized spacial score (nSPS) is 12.2. The fraction of sp³-hybridized carbons (Fsp3) is 0.368. The molecule has 0 saturated carbocycles. The van der Waals surface area contributed by atoms with Gasteiger partial charge in [0.05, 0.1) is 11.8 Å². The number of carbonyl (C=O) groups is 2. The predicted octanol–water partition coefficient (Wildman–Crippen LogP) is 3.86. The van der Waals surface area contributed by atoms with Crippen molar-refractivity contribution in [2.45, 2.75) is 38.3 Å². The Hall–Kier alpha value is -2.21. The highest BCUT2D eigenvalue weighted by molar-refractivity contribution is 7.99. The number of furan rings is 1. The van der Waals surface area contributed by atoms with E-state index in [1.807, 2.05) is 44.2 Å². The van der Waals surface area contributed by atoms with Gasteiger partial charge in [0, 0.05) is 5.75 Å². The van der Waals surface area contributed by atoms with Crippen LogP contribution in [0.15, 0.2) is 40.8 Å². The summed E-state index contributed by atoms with van der Waals surface area (Å²) in [6.07, 6.45) is 0. The van der Waals surface area contributed by atoms with E-state index in [0.717, 1.165) is 5.75 Å². The van der Waals surface area contributed by atoms with Gasteiger partial charge in [0.25, 0.3) is 0 Å². The van der Waals surface area contributed by atoms with Gasteiger partial charge in [-0.3, -0.25) is 4.79 Å². The Balaban J connectivity index is 1.93. The van der Waals surface area contributed by atoms with Crippen molar-refractivity contribution in [1.82, 2.24) is 5.32 Å². The van der Waals surface area contributed by atoms with Gasteiger partial charge < -0.3 is 14.8 Å². The molecule has 1 aromatic heterocycles. The van der Waals surface area contributed by atoms with E-state index in [2.05, 4.69) is 5.32 Å². The molecule has 2 rings (SSSR count). The first-order valence-corrected chi connectivity index (χ1v) is 9.19. The van der Waals surface area contributed by atoms with Crippen LogP contribution in [0.2, 0.25) is 0 Å². The number of rotatable bonds is 8. The molecular formula is C19H23NO4S. The summed E-state index contributed by atoms with van der Waals surface area (Å²) in [5.41, 5.74) is 1.31. The van der Waals surface area contributed by atoms with Gasteiger partial charge in [-0.25, -0.2) is 4.79 Å². The van der Waals surface area contributed by atoms with Crippen molar-refractivity contribution in [3.05, 3.63) is 59.0 Å². The summed E-state index contributed by atoms with van der Waals surface area (Å²) in [5, 5.41) is 11.7. The standard InChI is InChI=1S/C19H23NO4S/c1-12(2)17(25-11-14-7-5-4-6-8-14)18(21)20-10-15-9-16(19(22)23)13(3)24-15/h4-9,12,17H,10-11H2,1-3H3,(H,20,21)(H,22,23). The molecule has 0 spiro atoms. The van der Waals surface area contributed by atoms with Crippen molar-refractivity contribution in [3.63, 3.8) is 0 Å². The Labute approximate surface area is 151 Å². The van der Waals surface area contributed by atoms with E-state index in [9.17, 15) is 9.59 Å². The summed E-state index contributed by atoms with van der Waals surface area (Å²) in [4.78, 5) is 23.6. The number of aromatic carboxylic acids is 1. The van der Waals surface area contributed by atoms with Crippen LogP contribution >= 0.6 is 11.8 Å². The van der Waals surface area contributed by atoms with Gasteiger partial charge in [-0.2, -0.15) is 0 Å². The SMILES string of the molecule is Cc1oc(CNC(=O)C(SCc2ccccc2)C(C)C)cc1C(=O)O. The number of hydrogen-bond acceptors (Lipinski definition) is 4. The van der Waals surface area contributed by atoms with Crippen LogP contribution in [-0.4, -0.2) is 22.2 Å². The molecule has 0 aliphatic rings. The van der Waals surface area contributed by atoms with Gasteiger partial charge in [0.1, 0.15) is 17.1 Å². The van der Waals surface area contributed by atoms with Crippen molar-refractivity contribution >= 4 is 23.6 Å². The molecule has 1 amide bonds. The Morgan fingerprint density at radius 1 is 1.24 bits per heavy atom. The van der Waals surface area contributed by atoms with Crippen LogP contribution in [0.4, 0.5) is 0 Å². The zero-order chi connectivity index (χ0) is 18.4. The quantitative estimate of drug-likeness (QED) is 0.746. The van der Waals surface area contributed by atoms with Gasteiger partial charge >= 0.3 is 5.97 Å². The molecule has 1 heterocycles. The largest absolute Gasteiger partial charge is 0.478 e. The second kappa shape index (κ2) is 8.76. The molecule has 1 unspecified atom stereocenters. The number of hydrogen-bond donors (Lipinski definition) is 2. The lowest BCUT2D eigenvalue weighted by atomic mass is 10.1. The topological polar surface area (TPSA) is 79.5 Å². The third kappa shape index (κ3) is 5.39. The monoisotopic (exact) mass is 361 g/mol. The van der Waals surface area contributed by atoms with E-state index in [0.29, 0.717) is 11.5 Å². The molecular weight excluding hydrogens is 338 g/mol. The Morgan fingerprint density at radius 2 is 1.92 bits per heavy atom. The maximum Gasteiger partial charge on any atom is 0.339 e. The molecule has 1 atom stereocenters. The van der Waals surface area contributed by atoms with Crippen molar-refractivity contribution in [3.8, 4) is 0 Å². The van der Waals surface area contributed by atoms with Crippen molar-refractivity contribution in [1.29, 1.82) is 0 Å². The van der Waals surface area contributed by atoms with E-state index in [4.69, 9.17) is 9.52 Å². The second-order valence-corrected chi connectivity index (χ2v) is 7.30. The van der Waals surface area contributed by atoms with E-state index in [-0.39, 0.29) is 29.2 Å². The number of benzene rings is 1. The maximum absolute atomic E-state index is 12.5. The maximum atomic E-state index is 12.5. The summed E-state index contributed by atoms with van der Waals surface area (Å²) in [7, 11) is 0. The summed E-state index contributed by atoms with van der Waals surface area (Å²) in [5.74, 6) is 0.635. The van der Waals surface area contributed by atoms with Crippen LogP contribution in [0.5, 0.6) is 0 Å². The summed E-state index contributed by atoms with van der Waals surface area (Å²) < 4.78 is 5.39. The van der Waals surface area contributed by atoms with Crippen LogP contribution in [0, 0.1) is 12.8 Å². The number of carboxylic acids is 1. The lowest BCUT2D eigenvalue weighted by Crippen LogP contribution is -2.35. The van der Waals surface area contributed by atoms with Crippen LogP contribution in [0.1, 0.15) is 41.3 Å². The number of amides is 1. The van der Waals surface area contributed by atoms with Crippen LogP contribution in [0.3, 0.4) is 0 Å². The molecule has 25 heavy (non-hydrogen) atoms. The average Bonchev–Trinajstić information content (AvgIpc) is 2.95. The fourth-order valence-electron chi connectivity index (χ4n) is 2.45. The molecule has 2 aromatic rings. The van der Waals surface area contributed by atoms with Crippen molar-refractivity contribution in [2.24, 2.45) is 5.92 Å². The molecule has 0 bridgehead atoms. The summed E-state index contributed by atoms with van der Waals surface area (Å²) >= 11 is 1.60. The molecule has 0 radical (unpaired) electrons. The van der Waals surface area contributed by atoms with Crippen LogP contribution in [0.25, 0.3) is 0 Å². The first kappa shape index (κ1) is 19.1. The predicted molar refractivity (Wildman–Crippen MR) is 98.6 cm³/mol. The molecule has 0 saturated heterocycles. The molecule has 2 N–H and O–H groups in total. The molecule has 0 fully saturated rings. The number of carbonyl (C=O) groups excluding carboxylic acids is 1. The highest BCUT2D eigenvalue weighted by atomic mass is 32.2. The van der Waals surface area contributed by atoms with E-state index in [1.54, 1.807) is 18.7 Å². The summed E-state index contributed by atoms with van der Waals surface area (Å²) in [6, 6.07) is 11.5. The van der Waals surface area contributed by atoms with E-state index >= 15 is 0 Å². The minimum Gasteiger partial charge on any atom is -0.478 e. The Bertz CT molecular complexity index is 724. The molecule has 5 nitrogen and oxygen atoms in total. The van der Waals surface area contributed by atoms with Crippen LogP contribution < -0.4 is 5.32 Å². The Morgan fingerprint density at radius 3 is 2.48 bits per heavy atom. The second-order valence-electron chi connectivity index (χ2n) is 6.17. The average molecular weight is 361 g/mol. The van der Waals surface area contributed by atoms with Crippen LogP contribution in [-0.2, 0) is 17.1 Å². The minimum atomic E-state index is -1.03. The van der Waals surface area contributed by atoms with Gasteiger partial charge in [-0.1, -0.05) is 44.2 Å². The lowest BCUT2D eigenvalue weighted by molar-refractivity contribution is -0.121. The molecule has 0 aliphatic carbocycles.